The SMILES string of the molecule is CCCCCCCCCCCCCCCCCCC=CN=C=O. The van der Waals surface area contributed by atoms with Gasteiger partial charge in [-0.1, -0.05) is 109 Å². The van der Waals surface area contributed by atoms with Gasteiger partial charge in [0.05, 0.1) is 0 Å². The molecule has 0 aromatic carbocycles. The number of unbranched alkanes of at least 4 members (excludes halogenated alkanes) is 16. The molecule has 2 heteroatoms. The summed E-state index contributed by atoms with van der Waals surface area (Å²) in [4.78, 5) is 13.2. The fourth-order valence-electron chi connectivity index (χ4n) is 2.97. The molecule has 0 radical (unpaired) electrons. The van der Waals surface area contributed by atoms with Crippen molar-refractivity contribution in [2.24, 2.45) is 4.99 Å². The molecule has 0 aliphatic carbocycles. The van der Waals surface area contributed by atoms with E-state index < -0.39 is 0 Å². The summed E-state index contributed by atoms with van der Waals surface area (Å²) in [5.74, 6) is 0. The highest BCUT2D eigenvalue weighted by molar-refractivity contribution is 5.34. The minimum Gasteiger partial charge on any atom is -0.211 e. The number of carbonyl (C=O) groups excluding carboxylic acids is 1. The Morgan fingerprint density at radius 3 is 1.43 bits per heavy atom. The Bertz CT molecular complexity index is 292. The van der Waals surface area contributed by atoms with Gasteiger partial charge < -0.3 is 0 Å². The zero-order valence-corrected chi connectivity index (χ0v) is 15.5. The number of hydrogen-bond donors (Lipinski definition) is 0. The second-order valence-electron chi connectivity index (χ2n) is 6.70. The van der Waals surface area contributed by atoms with E-state index in [1.54, 1.807) is 6.20 Å². The van der Waals surface area contributed by atoms with E-state index in [2.05, 4.69) is 11.9 Å². The van der Waals surface area contributed by atoms with Crippen LogP contribution in [0.2, 0.25) is 0 Å². The molecule has 0 unspecified atom stereocenters. The van der Waals surface area contributed by atoms with Gasteiger partial charge in [-0.2, -0.15) is 4.99 Å². The van der Waals surface area contributed by atoms with Crippen LogP contribution in [0.25, 0.3) is 0 Å². The lowest BCUT2D eigenvalue weighted by molar-refractivity contribution is 0.530. The molecule has 0 saturated carbocycles. The fraction of sp³-hybridized carbons (Fsp3) is 0.857. The minimum absolute atomic E-state index is 1.03. The third-order valence-electron chi connectivity index (χ3n) is 4.46. The van der Waals surface area contributed by atoms with E-state index in [9.17, 15) is 4.79 Å². The van der Waals surface area contributed by atoms with Crippen molar-refractivity contribution in [2.75, 3.05) is 0 Å². The molecule has 0 aromatic rings. The fourth-order valence-corrected chi connectivity index (χ4v) is 2.97. The molecule has 134 valence electrons. The molecular formula is C21H39NO. The second kappa shape index (κ2) is 21.1. The Kier molecular flexibility index (Phi) is 20.3. The Morgan fingerprint density at radius 2 is 1.04 bits per heavy atom. The van der Waals surface area contributed by atoms with Crippen molar-refractivity contribution in [2.45, 2.75) is 116 Å². The first kappa shape index (κ1) is 22.1. The van der Waals surface area contributed by atoms with Crippen LogP contribution in [0.1, 0.15) is 116 Å². The van der Waals surface area contributed by atoms with E-state index in [-0.39, 0.29) is 0 Å². The number of isocyanates is 1. The van der Waals surface area contributed by atoms with E-state index in [1.165, 1.54) is 109 Å². The van der Waals surface area contributed by atoms with Crippen LogP contribution in [0.3, 0.4) is 0 Å². The summed E-state index contributed by atoms with van der Waals surface area (Å²) in [6.07, 6.45) is 28.5. The molecule has 0 fully saturated rings. The van der Waals surface area contributed by atoms with Crippen LogP contribution in [0, 0.1) is 0 Å². The van der Waals surface area contributed by atoms with Crippen molar-refractivity contribution in [3.05, 3.63) is 12.3 Å². The van der Waals surface area contributed by atoms with E-state index in [4.69, 9.17) is 0 Å². The van der Waals surface area contributed by atoms with E-state index in [0.29, 0.717) is 0 Å². The first-order valence-corrected chi connectivity index (χ1v) is 10.1. The first-order valence-electron chi connectivity index (χ1n) is 10.1. The molecule has 0 rings (SSSR count). The molecule has 0 amide bonds. The third kappa shape index (κ3) is 21.1. The molecule has 0 bridgehead atoms. The lowest BCUT2D eigenvalue weighted by Crippen LogP contribution is -1.83. The summed E-state index contributed by atoms with van der Waals surface area (Å²) >= 11 is 0. The molecule has 0 aliphatic rings. The molecule has 0 aliphatic heterocycles. The second-order valence-corrected chi connectivity index (χ2v) is 6.70. The molecular weight excluding hydrogens is 282 g/mol. The molecule has 0 spiro atoms. The van der Waals surface area contributed by atoms with Crippen LogP contribution in [-0.4, -0.2) is 6.08 Å². The van der Waals surface area contributed by atoms with Crippen LogP contribution in [0.15, 0.2) is 17.3 Å². The number of hydrogen-bond acceptors (Lipinski definition) is 2. The Hall–Kier alpha value is -0.880. The highest BCUT2D eigenvalue weighted by atomic mass is 16.1. The molecule has 0 heterocycles. The molecule has 23 heavy (non-hydrogen) atoms. The summed E-state index contributed by atoms with van der Waals surface area (Å²) in [5.41, 5.74) is 0. The average molecular weight is 322 g/mol. The highest BCUT2D eigenvalue weighted by Crippen LogP contribution is 2.14. The first-order chi connectivity index (χ1) is 11.4. The number of aliphatic imine (C=N–C) groups is 1. The molecule has 0 saturated heterocycles. The molecule has 0 N–H and O–H groups in total. The van der Waals surface area contributed by atoms with Gasteiger partial charge in [-0.25, -0.2) is 4.79 Å². The van der Waals surface area contributed by atoms with Crippen LogP contribution >= 0.6 is 0 Å². The Morgan fingerprint density at radius 1 is 0.652 bits per heavy atom. The van der Waals surface area contributed by atoms with E-state index in [1.807, 2.05) is 6.08 Å². The van der Waals surface area contributed by atoms with Gasteiger partial charge in [0.15, 0.2) is 0 Å². The molecule has 2 nitrogen and oxygen atoms in total. The predicted molar refractivity (Wildman–Crippen MR) is 101 cm³/mol. The standard InChI is InChI=1S/C21H39NO/c1-2-3-4-5-6-7-8-9-10-11-12-13-14-15-16-17-18-19-20-22-21-23/h19-20H,2-18H2,1H3. The minimum atomic E-state index is 1.03. The van der Waals surface area contributed by atoms with Crippen molar-refractivity contribution in [1.29, 1.82) is 0 Å². The van der Waals surface area contributed by atoms with Crippen LogP contribution < -0.4 is 0 Å². The summed E-state index contributed by atoms with van der Waals surface area (Å²) in [7, 11) is 0. The summed E-state index contributed by atoms with van der Waals surface area (Å²) < 4.78 is 0. The van der Waals surface area contributed by atoms with Gasteiger partial charge in [0.2, 0.25) is 6.08 Å². The maximum Gasteiger partial charge on any atom is 0.239 e. The topological polar surface area (TPSA) is 29.4 Å². The van der Waals surface area contributed by atoms with E-state index >= 15 is 0 Å². The number of rotatable bonds is 18. The van der Waals surface area contributed by atoms with Crippen molar-refractivity contribution < 1.29 is 4.79 Å². The smallest absolute Gasteiger partial charge is 0.211 e. The monoisotopic (exact) mass is 321 g/mol. The van der Waals surface area contributed by atoms with Gasteiger partial charge in [-0.05, 0) is 12.8 Å². The zero-order chi connectivity index (χ0) is 16.8. The lowest BCUT2D eigenvalue weighted by Gasteiger charge is -2.03. The Balaban J connectivity index is 3.01. The average Bonchev–Trinajstić information content (AvgIpc) is 2.57. The van der Waals surface area contributed by atoms with Crippen molar-refractivity contribution in [3.8, 4) is 0 Å². The largest absolute Gasteiger partial charge is 0.239 e. The van der Waals surface area contributed by atoms with Crippen molar-refractivity contribution in [3.63, 3.8) is 0 Å². The van der Waals surface area contributed by atoms with Crippen molar-refractivity contribution >= 4 is 6.08 Å². The normalized spacial score (nSPS) is 11.0. The maximum absolute atomic E-state index is 9.84. The highest BCUT2D eigenvalue weighted by Gasteiger charge is 1.94. The molecule has 0 atom stereocenters. The third-order valence-corrected chi connectivity index (χ3v) is 4.46. The number of allylic oxidation sites excluding steroid dienone is 1. The predicted octanol–water partition coefficient (Wildman–Crippen LogP) is 7.49. The zero-order valence-electron chi connectivity index (χ0n) is 15.5. The quantitative estimate of drug-likeness (QED) is 0.146. The van der Waals surface area contributed by atoms with Gasteiger partial charge in [0.1, 0.15) is 0 Å². The lowest BCUT2D eigenvalue weighted by atomic mass is 10.0. The van der Waals surface area contributed by atoms with Crippen LogP contribution in [0.5, 0.6) is 0 Å². The van der Waals surface area contributed by atoms with Gasteiger partial charge in [0, 0.05) is 6.20 Å². The van der Waals surface area contributed by atoms with Gasteiger partial charge in [-0.3, -0.25) is 0 Å². The van der Waals surface area contributed by atoms with Crippen LogP contribution in [-0.2, 0) is 4.79 Å². The summed E-state index contributed by atoms with van der Waals surface area (Å²) in [6, 6.07) is 0. The Labute approximate surface area is 144 Å². The van der Waals surface area contributed by atoms with Gasteiger partial charge >= 0.3 is 0 Å². The summed E-state index contributed by atoms with van der Waals surface area (Å²) in [6.45, 7) is 2.28. The van der Waals surface area contributed by atoms with Gasteiger partial charge in [0.25, 0.3) is 0 Å². The number of nitrogens with zero attached hydrogens (tertiary/aromatic N) is 1. The van der Waals surface area contributed by atoms with Crippen LogP contribution in [0.4, 0.5) is 0 Å². The maximum atomic E-state index is 9.84. The summed E-state index contributed by atoms with van der Waals surface area (Å²) in [5, 5.41) is 0. The van der Waals surface area contributed by atoms with Crippen molar-refractivity contribution in [1.82, 2.24) is 0 Å². The van der Waals surface area contributed by atoms with Gasteiger partial charge in [-0.15, -0.1) is 0 Å². The molecule has 0 aromatic heterocycles. The van der Waals surface area contributed by atoms with E-state index in [0.717, 1.165) is 6.42 Å².